The largest absolute Gasteiger partial charge is 0.274 e. The Morgan fingerprint density at radius 1 is 1.57 bits per heavy atom. The molecule has 2 heteroatoms. The van der Waals surface area contributed by atoms with Gasteiger partial charge in [0.05, 0.1) is 0 Å². The minimum Gasteiger partial charge on any atom is -0.274 e. The zero-order valence-corrected chi connectivity index (χ0v) is 5.96. The Morgan fingerprint density at radius 2 is 2.00 bits per heavy atom. The van der Waals surface area contributed by atoms with Crippen molar-refractivity contribution < 1.29 is 4.57 Å². The van der Waals surface area contributed by atoms with Gasteiger partial charge in [0.15, 0.2) is 8.46 Å². The van der Waals surface area contributed by atoms with Crippen molar-refractivity contribution in [3.63, 3.8) is 0 Å². The Kier molecular flexibility index (Phi) is 2.45. The van der Waals surface area contributed by atoms with E-state index in [0.717, 1.165) is 6.42 Å². The van der Waals surface area contributed by atoms with Gasteiger partial charge in [0.25, 0.3) is 0 Å². The van der Waals surface area contributed by atoms with E-state index < -0.39 is 0 Å². The quantitative estimate of drug-likeness (QED) is 0.509. The normalized spacial score (nSPS) is 12.4. The molecule has 7 heavy (non-hydrogen) atoms. The highest BCUT2D eigenvalue weighted by atomic mass is 31.1. The van der Waals surface area contributed by atoms with Crippen LogP contribution in [-0.2, 0) is 4.57 Å². The van der Waals surface area contributed by atoms with Gasteiger partial charge in [0.1, 0.15) is 0 Å². The molecule has 0 aliphatic heterocycles. The van der Waals surface area contributed by atoms with Crippen molar-refractivity contribution in [2.45, 2.75) is 32.3 Å². The second-order valence-electron chi connectivity index (χ2n) is 2.26. The van der Waals surface area contributed by atoms with Crippen molar-refractivity contribution in [2.24, 2.45) is 0 Å². The van der Waals surface area contributed by atoms with E-state index in [4.69, 9.17) is 0 Å². The molecule has 0 radical (unpaired) electrons. The molecule has 0 saturated heterocycles. The van der Waals surface area contributed by atoms with Gasteiger partial charge in [-0.1, -0.05) is 6.92 Å². The van der Waals surface area contributed by atoms with Crippen LogP contribution >= 0.6 is 8.46 Å². The van der Waals surface area contributed by atoms with Crippen LogP contribution in [0.2, 0.25) is 0 Å². The van der Waals surface area contributed by atoms with Crippen LogP contribution in [0.3, 0.4) is 0 Å². The lowest BCUT2D eigenvalue weighted by Crippen LogP contribution is -2.06. The van der Waals surface area contributed by atoms with E-state index in [9.17, 15) is 4.57 Å². The molecule has 0 bridgehead atoms. The summed E-state index contributed by atoms with van der Waals surface area (Å²) in [6.45, 7) is 5.98. The van der Waals surface area contributed by atoms with Gasteiger partial charge in [-0.2, -0.15) is 0 Å². The van der Waals surface area contributed by atoms with E-state index in [-0.39, 0.29) is 13.6 Å². The van der Waals surface area contributed by atoms with E-state index in [1.165, 1.54) is 0 Å². The average molecular weight is 118 g/mol. The van der Waals surface area contributed by atoms with Crippen LogP contribution in [0.5, 0.6) is 0 Å². The first-order valence-electron chi connectivity index (χ1n) is 2.47. The van der Waals surface area contributed by atoms with Crippen LogP contribution in [0.25, 0.3) is 0 Å². The molecule has 0 aliphatic rings. The molecule has 0 heterocycles. The van der Waals surface area contributed by atoms with Gasteiger partial charge >= 0.3 is 0 Å². The Balaban J connectivity index is 3.58. The van der Waals surface area contributed by atoms with E-state index in [1.54, 1.807) is 0 Å². The molecule has 0 aromatic carbocycles. The van der Waals surface area contributed by atoms with Crippen LogP contribution in [0.1, 0.15) is 27.2 Å². The van der Waals surface area contributed by atoms with E-state index in [0.29, 0.717) is 0 Å². The van der Waals surface area contributed by atoms with Gasteiger partial charge in [-0.3, -0.25) is 4.57 Å². The smallest absolute Gasteiger partial charge is 0.161 e. The van der Waals surface area contributed by atoms with Crippen LogP contribution < -0.4 is 0 Å². The first kappa shape index (κ1) is 7.10. The second kappa shape index (κ2) is 2.42. The number of rotatable bonds is 2. The zero-order chi connectivity index (χ0) is 5.91. The van der Waals surface area contributed by atoms with Gasteiger partial charge in [0, 0.05) is 5.16 Å². The summed E-state index contributed by atoms with van der Waals surface area (Å²) in [5.74, 6) is 0. The van der Waals surface area contributed by atoms with Crippen LogP contribution in [0.4, 0.5) is 0 Å². The third-order valence-corrected chi connectivity index (χ3v) is 1.92. The fraction of sp³-hybridized carbons (Fsp3) is 1.00. The van der Waals surface area contributed by atoms with Crippen LogP contribution in [0.15, 0.2) is 0 Å². The van der Waals surface area contributed by atoms with Crippen molar-refractivity contribution in [1.29, 1.82) is 0 Å². The van der Waals surface area contributed by atoms with Crippen molar-refractivity contribution in [3.8, 4) is 0 Å². The molecular formula is C5H11OP. The molecule has 0 aromatic rings. The third-order valence-electron chi connectivity index (χ3n) is 1.11. The fourth-order valence-electron chi connectivity index (χ4n) is 0.0645. The Labute approximate surface area is 46.3 Å². The van der Waals surface area contributed by atoms with Crippen molar-refractivity contribution in [2.75, 3.05) is 0 Å². The Bertz CT molecular complexity index is 68.5. The molecule has 0 N–H and O–H groups in total. The number of hydrogen-bond acceptors (Lipinski definition) is 1. The molecule has 0 amide bonds. The van der Waals surface area contributed by atoms with E-state index >= 15 is 0 Å². The summed E-state index contributed by atoms with van der Waals surface area (Å²) >= 11 is 0. The Morgan fingerprint density at radius 3 is 2.00 bits per heavy atom. The monoisotopic (exact) mass is 118 g/mol. The summed E-state index contributed by atoms with van der Waals surface area (Å²) in [6.07, 6.45) is 0.970. The highest BCUT2D eigenvalue weighted by molar-refractivity contribution is 7.25. The molecule has 0 rings (SSSR count). The van der Waals surface area contributed by atoms with Crippen molar-refractivity contribution in [1.82, 2.24) is 0 Å². The maximum atomic E-state index is 10.2. The van der Waals surface area contributed by atoms with Gasteiger partial charge in [0.2, 0.25) is 0 Å². The topological polar surface area (TPSA) is 17.1 Å². The van der Waals surface area contributed by atoms with Crippen LogP contribution in [-0.4, -0.2) is 5.16 Å². The van der Waals surface area contributed by atoms with Gasteiger partial charge < -0.3 is 0 Å². The summed E-state index contributed by atoms with van der Waals surface area (Å²) in [4.78, 5) is 0. The lowest BCUT2D eigenvalue weighted by atomic mass is 10.1. The first-order valence-corrected chi connectivity index (χ1v) is 3.28. The van der Waals surface area contributed by atoms with Crippen LogP contribution in [0, 0.1) is 0 Å². The minimum absolute atomic E-state index is 0. The maximum Gasteiger partial charge on any atom is 0.161 e. The molecule has 0 fully saturated rings. The first-order chi connectivity index (χ1) is 3.12. The molecule has 0 unspecified atom stereocenters. The van der Waals surface area contributed by atoms with Gasteiger partial charge in [-0.15, -0.1) is 0 Å². The molecule has 42 valence electrons. The van der Waals surface area contributed by atoms with Crippen molar-refractivity contribution >= 4 is 8.46 Å². The maximum absolute atomic E-state index is 10.2. The standard InChI is InChI=1S/C5H11OP/c1-4-5(2,3)7-6/h4H2,1-3H3. The molecule has 0 saturated carbocycles. The minimum atomic E-state index is 0. The summed E-state index contributed by atoms with van der Waals surface area (Å²) in [5.41, 5.74) is 0. The molecule has 0 spiro atoms. The summed E-state index contributed by atoms with van der Waals surface area (Å²) in [5, 5.41) is 0. The molecule has 0 aliphatic carbocycles. The van der Waals surface area contributed by atoms with E-state index in [2.05, 4.69) is 0 Å². The third kappa shape index (κ3) is 2.76. The van der Waals surface area contributed by atoms with Gasteiger partial charge in [-0.05, 0) is 20.3 Å². The molecular weight excluding hydrogens is 107 g/mol. The average Bonchev–Trinajstić information content (AvgIpc) is 1.68. The lowest BCUT2D eigenvalue weighted by Gasteiger charge is -2.09. The highest BCUT2D eigenvalue weighted by Gasteiger charge is 2.13. The van der Waals surface area contributed by atoms with E-state index in [1.807, 2.05) is 20.8 Å². The SMILES string of the molecule is CCC(C)(C)P=O. The lowest BCUT2D eigenvalue weighted by molar-refractivity contribution is 0.563. The van der Waals surface area contributed by atoms with Crippen molar-refractivity contribution in [3.05, 3.63) is 0 Å². The zero-order valence-electron chi connectivity index (χ0n) is 5.06. The summed E-state index contributed by atoms with van der Waals surface area (Å²) in [7, 11) is 0.256. The van der Waals surface area contributed by atoms with Gasteiger partial charge in [-0.25, -0.2) is 0 Å². The second-order valence-corrected chi connectivity index (χ2v) is 3.65. The summed E-state index contributed by atoms with van der Waals surface area (Å²) in [6, 6.07) is 0. The highest BCUT2D eigenvalue weighted by Crippen LogP contribution is 2.24. The predicted molar refractivity (Wildman–Crippen MR) is 32.0 cm³/mol. The Hall–Kier alpha value is 0.100. The molecule has 1 nitrogen and oxygen atoms in total. The summed E-state index contributed by atoms with van der Waals surface area (Å²) < 4.78 is 10.2. The molecule has 0 aromatic heterocycles. The number of hydrogen-bond donors (Lipinski definition) is 0. The fourth-order valence-corrected chi connectivity index (χ4v) is 0.194. The predicted octanol–water partition coefficient (Wildman–Crippen LogP) is 2.47. The molecule has 0 atom stereocenters.